The molecule has 106 valence electrons. The molecule has 1 N–H and O–H groups in total. The molecular weight excluding hydrogens is 254 g/mol. The van der Waals surface area contributed by atoms with Crippen LogP contribution >= 0.6 is 0 Å². The van der Waals surface area contributed by atoms with Crippen LogP contribution in [0.15, 0.2) is 29.1 Å². The van der Waals surface area contributed by atoms with E-state index in [1.165, 1.54) is 0 Å². The molecule has 0 unspecified atom stereocenters. The second-order valence-electron chi connectivity index (χ2n) is 5.17. The van der Waals surface area contributed by atoms with Crippen molar-refractivity contribution in [3.8, 4) is 0 Å². The predicted octanol–water partition coefficient (Wildman–Crippen LogP) is 1.79. The lowest BCUT2D eigenvalue weighted by molar-refractivity contribution is 0.117. The number of para-hydroxylation sites is 1. The zero-order valence-electron chi connectivity index (χ0n) is 11.6. The van der Waals surface area contributed by atoms with E-state index in [0.29, 0.717) is 17.3 Å². The van der Waals surface area contributed by atoms with Crippen molar-refractivity contribution in [3.63, 3.8) is 0 Å². The Hall–Kier alpha value is -1.88. The van der Waals surface area contributed by atoms with Crippen molar-refractivity contribution in [2.45, 2.75) is 13.3 Å². The normalized spacial score (nSPS) is 18.9. The van der Waals surface area contributed by atoms with Crippen LogP contribution < -0.4 is 10.5 Å². The molecule has 1 aliphatic rings. The highest BCUT2D eigenvalue weighted by Crippen LogP contribution is 2.21. The Morgan fingerprint density at radius 2 is 2.30 bits per heavy atom. The first-order valence-electron chi connectivity index (χ1n) is 7.09. The zero-order valence-corrected chi connectivity index (χ0v) is 11.6. The quantitative estimate of drug-likeness (QED) is 0.922. The molecule has 0 aliphatic carbocycles. The highest BCUT2D eigenvalue weighted by atomic mass is 16.5. The topological polar surface area (TPSA) is 58.2 Å². The summed E-state index contributed by atoms with van der Waals surface area (Å²) in [6, 6.07) is 7.43. The largest absolute Gasteiger partial charge is 0.381 e. The van der Waals surface area contributed by atoms with E-state index in [2.05, 4.69) is 14.9 Å². The molecule has 1 atom stereocenters. The second kappa shape index (κ2) is 5.63. The fourth-order valence-electron chi connectivity index (χ4n) is 2.67. The van der Waals surface area contributed by atoms with Gasteiger partial charge in [-0.25, -0.2) is 4.98 Å². The van der Waals surface area contributed by atoms with Crippen LogP contribution in [-0.2, 0) is 4.74 Å². The van der Waals surface area contributed by atoms with Gasteiger partial charge in [-0.05, 0) is 25.5 Å². The summed E-state index contributed by atoms with van der Waals surface area (Å²) >= 11 is 0. The number of rotatable bonds is 4. The van der Waals surface area contributed by atoms with Crippen molar-refractivity contribution in [3.05, 3.63) is 34.6 Å². The van der Waals surface area contributed by atoms with Crippen LogP contribution in [0.3, 0.4) is 0 Å². The van der Waals surface area contributed by atoms with Crippen LogP contribution in [0, 0.1) is 5.92 Å². The summed E-state index contributed by atoms with van der Waals surface area (Å²) in [4.78, 5) is 21.6. The molecule has 2 heterocycles. The van der Waals surface area contributed by atoms with E-state index in [0.717, 1.165) is 38.2 Å². The molecule has 3 rings (SSSR count). The minimum atomic E-state index is -0.0705. The van der Waals surface area contributed by atoms with Gasteiger partial charge in [0.05, 0.1) is 17.5 Å². The summed E-state index contributed by atoms with van der Waals surface area (Å²) in [7, 11) is 0. The Balaban J connectivity index is 1.83. The van der Waals surface area contributed by atoms with Crippen LogP contribution in [0.1, 0.15) is 13.3 Å². The molecule has 1 fully saturated rings. The van der Waals surface area contributed by atoms with Crippen LogP contribution in [0.25, 0.3) is 10.9 Å². The molecule has 1 saturated heterocycles. The van der Waals surface area contributed by atoms with E-state index in [9.17, 15) is 4.79 Å². The summed E-state index contributed by atoms with van der Waals surface area (Å²) in [5.41, 5.74) is 0.679. The molecule has 2 aromatic rings. The summed E-state index contributed by atoms with van der Waals surface area (Å²) in [6.45, 7) is 5.35. The Kier molecular flexibility index (Phi) is 3.69. The number of H-pyrrole nitrogens is 1. The molecule has 0 saturated carbocycles. The van der Waals surface area contributed by atoms with Crippen molar-refractivity contribution in [2.75, 3.05) is 31.2 Å². The number of anilines is 1. The molecule has 1 aliphatic heterocycles. The average Bonchev–Trinajstić information content (AvgIpc) is 2.94. The van der Waals surface area contributed by atoms with Gasteiger partial charge in [0.15, 0.2) is 0 Å². The highest BCUT2D eigenvalue weighted by Gasteiger charge is 2.24. The SMILES string of the molecule is CCOC[C@H]1CCN(c2nc3ccccc3c(=O)[nH]2)C1. The standard InChI is InChI=1S/C15H19N3O2/c1-2-20-10-11-7-8-18(9-11)15-16-13-6-4-3-5-12(13)14(19)17-15/h3-6,11H,2,7-10H2,1H3,(H,16,17,19)/t11-/m0/s1. The predicted molar refractivity (Wildman–Crippen MR) is 79.2 cm³/mol. The van der Waals surface area contributed by atoms with Crippen molar-refractivity contribution < 1.29 is 4.74 Å². The third-order valence-corrected chi connectivity index (χ3v) is 3.74. The molecule has 0 spiro atoms. The minimum absolute atomic E-state index is 0.0705. The molecule has 1 aromatic carbocycles. The van der Waals surface area contributed by atoms with Crippen molar-refractivity contribution >= 4 is 16.9 Å². The monoisotopic (exact) mass is 273 g/mol. The van der Waals surface area contributed by atoms with Gasteiger partial charge in [-0.1, -0.05) is 12.1 Å². The summed E-state index contributed by atoms with van der Waals surface area (Å²) in [5, 5.41) is 0.640. The van der Waals surface area contributed by atoms with Gasteiger partial charge >= 0.3 is 0 Å². The van der Waals surface area contributed by atoms with Gasteiger partial charge in [0.25, 0.3) is 5.56 Å². The van der Waals surface area contributed by atoms with E-state index < -0.39 is 0 Å². The smallest absolute Gasteiger partial charge is 0.260 e. The zero-order chi connectivity index (χ0) is 13.9. The van der Waals surface area contributed by atoms with Gasteiger partial charge < -0.3 is 9.64 Å². The number of benzene rings is 1. The Bertz CT molecular complexity index is 653. The lowest BCUT2D eigenvalue weighted by atomic mass is 10.1. The average molecular weight is 273 g/mol. The van der Waals surface area contributed by atoms with Gasteiger partial charge in [0, 0.05) is 25.6 Å². The fourth-order valence-corrected chi connectivity index (χ4v) is 2.67. The summed E-state index contributed by atoms with van der Waals surface area (Å²) in [5.74, 6) is 1.19. The minimum Gasteiger partial charge on any atom is -0.381 e. The van der Waals surface area contributed by atoms with Crippen LogP contribution in [0.2, 0.25) is 0 Å². The van der Waals surface area contributed by atoms with Gasteiger partial charge in [0.1, 0.15) is 0 Å². The number of hydrogen-bond donors (Lipinski definition) is 1. The van der Waals surface area contributed by atoms with Crippen LogP contribution in [0.4, 0.5) is 5.95 Å². The lowest BCUT2D eigenvalue weighted by Crippen LogP contribution is -2.26. The molecule has 20 heavy (non-hydrogen) atoms. The molecule has 1 aromatic heterocycles. The molecule has 0 radical (unpaired) electrons. The van der Waals surface area contributed by atoms with Crippen molar-refractivity contribution in [1.29, 1.82) is 0 Å². The van der Waals surface area contributed by atoms with E-state index >= 15 is 0 Å². The first kappa shape index (κ1) is 13.1. The maximum absolute atomic E-state index is 12.1. The van der Waals surface area contributed by atoms with E-state index in [4.69, 9.17) is 4.74 Å². The molecule has 0 bridgehead atoms. The second-order valence-corrected chi connectivity index (χ2v) is 5.17. The van der Waals surface area contributed by atoms with E-state index in [1.807, 2.05) is 25.1 Å². The van der Waals surface area contributed by atoms with Gasteiger partial charge in [-0.3, -0.25) is 9.78 Å². The summed E-state index contributed by atoms with van der Waals surface area (Å²) < 4.78 is 5.48. The third-order valence-electron chi connectivity index (χ3n) is 3.74. The molecule has 5 heteroatoms. The van der Waals surface area contributed by atoms with Gasteiger partial charge in [0.2, 0.25) is 5.95 Å². The molecule has 0 amide bonds. The highest BCUT2D eigenvalue weighted by molar-refractivity contribution is 5.78. The van der Waals surface area contributed by atoms with Gasteiger partial charge in [-0.15, -0.1) is 0 Å². The fraction of sp³-hybridized carbons (Fsp3) is 0.467. The van der Waals surface area contributed by atoms with Gasteiger partial charge in [-0.2, -0.15) is 0 Å². The van der Waals surface area contributed by atoms with E-state index in [1.54, 1.807) is 6.07 Å². The number of aromatic nitrogens is 2. The number of nitrogens with zero attached hydrogens (tertiary/aromatic N) is 2. The number of hydrogen-bond acceptors (Lipinski definition) is 4. The lowest BCUT2D eigenvalue weighted by Gasteiger charge is -2.17. The molecular formula is C15H19N3O2. The first-order chi connectivity index (χ1) is 9.78. The third kappa shape index (κ3) is 2.54. The Morgan fingerprint density at radius 3 is 3.15 bits per heavy atom. The maximum atomic E-state index is 12.1. The Morgan fingerprint density at radius 1 is 1.45 bits per heavy atom. The Labute approximate surface area is 117 Å². The number of ether oxygens (including phenoxy) is 1. The molecule has 5 nitrogen and oxygen atoms in total. The van der Waals surface area contributed by atoms with Crippen molar-refractivity contribution in [2.24, 2.45) is 5.92 Å². The summed E-state index contributed by atoms with van der Waals surface area (Å²) in [6.07, 6.45) is 1.08. The number of nitrogens with one attached hydrogen (secondary N) is 1. The number of aromatic amines is 1. The first-order valence-corrected chi connectivity index (χ1v) is 7.09. The van der Waals surface area contributed by atoms with Crippen molar-refractivity contribution in [1.82, 2.24) is 9.97 Å². The van der Waals surface area contributed by atoms with Crippen LogP contribution in [0.5, 0.6) is 0 Å². The maximum Gasteiger partial charge on any atom is 0.260 e. The van der Waals surface area contributed by atoms with Crippen LogP contribution in [-0.4, -0.2) is 36.3 Å². The number of fused-ring (bicyclic) bond motifs is 1. The van der Waals surface area contributed by atoms with E-state index in [-0.39, 0.29) is 5.56 Å².